The van der Waals surface area contributed by atoms with E-state index < -0.39 is 0 Å². The monoisotopic (exact) mass is 205 g/mol. The second kappa shape index (κ2) is 4.87. The molecule has 0 radical (unpaired) electrons. The third-order valence-corrected chi connectivity index (χ3v) is 4.03. The molecule has 15 heavy (non-hydrogen) atoms. The molecule has 0 fully saturated rings. The van der Waals surface area contributed by atoms with Gasteiger partial charge in [0.15, 0.2) is 0 Å². The van der Waals surface area contributed by atoms with Crippen LogP contribution in [0.25, 0.3) is 0 Å². The number of hydrogen-bond donors (Lipinski definition) is 0. The molecule has 0 amide bonds. The number of nitrogens with zero attached hydrogens (tertiary/aromatic N) is 1. The van der Waals surface area contributed by atoms with Crippen LogP contribution in [0.5, 0.6) is 0 Å². The van der Waals surface area contributed by atoms with Crippen molar-refractivity contribution in [2.75, 3.05) is 13.1 Å². The van der Waals surface area contributed by atoms with Crippen LogP contribution in [0.3, 0.4) is 0 Å². The molecule has 1 nitrogen and oxygen atoms in total. The number of allylic oxidation sites excluding steroid dienone is 3. The Morgan fingerprint density at radius 1 is 1.33 bits per heavy atom. The molecule has 0 aromatic heterocycles. The molecule has 84 valence electrons. The van der Waals surface area contributed by atoms with E-state index in [2.05, 4.69) is 43.2 Å². The molecule has 1 heterocycles. The van der Waals surface area contributed by atoms with Gasteiger partial charge in [-0.05, 0) is 50.1 Å². The van der Waals surface area contributed by atoms with Gasteiger partial charge in [-0.2, -0.15) is 0 Å². The van der Waals surface area contributed by atoms with E-state index >= 15 is 0 Å². The molecule has 0 aromatic carbocycles. The Kier molecular flexibility index (Phi) is 3.50. The Labute approximate surface area is 93.9 Å². The van der Waals surface area contributed by atoms with E-state index in [0.29, 0.717) is 0 Å². The molecule has 3 atom stereocenters. The van der Waals surface area contributed by atoms with Gasteiger partial charge in [-0.1, -0.05) is 25.2 Å². The highest BCUT2D eigenvalue weighted by Crippen LogP contribution is 2.34. The van der Waals surface area contributed by atoms with Crippen molar-refractivity contribution in [3.8, 4) is 0 Å². The third-order valence-electron chi connectivity index (χ3n) is 4.03. The lowest BCUT2D eigenvalue weighted by Crippen LogP contribution is -2.28. The summed E-state index contributed by atoms with van der Waals surface area (Å²) in [6, 6.07) is 0. The predicted molar refractivity (Wildman–Crippen MR) is 65.5 cm³/mol. The van der Waals surface area contributed by atoms with Crippen molar-refractivity contribution >= 4 is 0 Å². The zero-order valence-electron chi connectivity index (χ0n) is 10.0. The Morgan fingerprint density at radius 3 is 3.00 bits per heavy atom. The molecule has 1 aliphatic carbocycles. The van der Waals surface area contributed by atoms with Crippen molar-refractivity contribution < 1.29 is 0 Å². The maximum absolute atomic E-state index is 2.47. The Balaban J connectivity index is 2.12. The summed E-state index contributed by atoms with van der Waals surface area (Å²) in [6.45, 7) is 7.04. The van der Waals surface area contributed by atoms with Crippen LogP contribution in [-0.4, -0.2) is 18.0 Å². The maximum Gasteiger partial charge on any atom is 0.0206 e. The first kappa shape index (κ1) is 10.8. The molecular weight excluding hydrogens is 182 g/mol. The minimum atomic E-state index is 0.756. The lowest BCUT2D eigenvalue weighted by molar-refractivity contribution is 0.223. The van der Waals surface area contributed by atoms with Gasteiger partial charge in [0.2, 0.25) is 0 Å². The van der Waals surface area contributed by atoms with E-state index in [1.165, 1.54) is 25.8 Å². The molecule has 0 spiro atoms. The van der Waals surface area contributed by atoms with Crippen molar-refractivity contribution in [3.63, 3.8) is 0 Å². The molecular formula is C14H23N. The predicted octanol–water partition coefficient (Wildman–Crippen LogP) is 3.44. The minimum Gasteiger partial charge on any atom is -0.378 e. The van der Waals surface area contributed by atoms with Gasteiger partial charge in [0.05, 0.1) is 0 Å². The van der Waals surface area contributed by atoms with Gasteiger partial charge in [0.25, 0.3) is 0 Å². The second-order valence-electron chi connectivity index (χ2n) is 5.00. The molecule has 1 heteroatoms. The first-order valence-corrected chi connectivity index (χ1v) is 6.38. The molecule has 2 rings (SSSR count). The molecule has 1 aliphatic heterocycles. The van der Waals surface area contributed by atoms with Gasteiger partial charge in [0, 0.05) is 13.1 Å². The van der Waals surface area contributed by atoms with E-state index in [9.17, 15) is 0 Å². The van der Waals surface area contributed by atoms with Crippen LogP contribution in [0.1, 0.15) is 33.1 Å². The van der Waals surface area contributed by atoms with Gasteiger partial charge in [-0.15, -0.1) is 0 Å². The van der Waals surface area contributed by atoms with Gasteiger partial charge in [-0.3, -0.25) is 0 Å². The standard InChI is InChI=1S/C14H23N/c1-3-15-10-9-12(2)14-8-6-4-5-7-13(14)11-15/h4-5,9-10,12-14H,3,6-8,11H2,1-2H3. The molecule has 0 saturated carbocycles. The fourth-order valence-electron chi connectivity index (χ4n) is 2.99. The molecule has 2 aliphatic rings. The summed E-state index contributed by atoms with van der Waals surface area (Å²) >= 11 is 0. The Bertz CT molecular complexity index is 254. The Morgan fingerprint density at radius 2 is 2.20 bits per heavy atom. The number of fused-ring (bicyclic) bond motifs is 1. The summed E-state index contributed by atoms with van der Waals surface area (Å²) in [7, 11) is 0. The second-order valence-corrected chi connectivity index (χ2v) is 5.00. The van der Waals surface area contributed by atoms with Crippen LogP contribution in [-0.2, 0) is 0 Å². The first-order valence-electron chi connectivity index (χ1n) is 6.38. The SMILES string of the molecule is CCN1C=CC(C)C2CCC=CCC2C1. The van der Waals surface area contributed by atoms with Gasteiger partial charge < -0.3 is 4.90 Å². The molecule has 0 aromatic rings. The van der Waals surface area contributed by atoms with Gasteiger partial charge >= 0.3 is 0 Å². The highest BCUT2D eigenvalue weighted by atomic mass is 15.1. The summed E-state index contributed by atoms with van der Waals surface area (Å²) in [5.74, 6) is 2.52. The normalized spacial score (nSPS) is 35.9. The lowest BCUT2D eigenvalue weighted by Gasteiger charge is -2.29. The van der Waals surface area contributed by atoms with Crippen molar-refractivity contribution in [2.45, 2.75) is 33.1 Å². The van der Waals surface area contributed by atoms with Gasteiger partial charge in [-0.25, -0.2) is 0 Å². The topological polar surface area (TPSA) is 3.24 Å². The van der Waals surface area contributed by atoms with Crippen molar-refractivity contribution in [2.24, 2.45) is 17.8 Å². The molecule has 0 saturated heterocycles. The highest BCUT2D eigenvalue weighted by Gasteiger charge is 2.28. The summed E-state index contributed by atoms with van der Waals surface area (Å²) < 4.78 is 0. The van der Waals surface area contributed by atoms with Crippen LogP contribution in [0.15, 0.2) is 24.4 Å². The van der Waals surface area contributed by atoms with E-state index in [1.807, 2.05) is 0 Å². The maximum atomic E-state index is 2.47. The van der Waals surface area contributed by atoms with Gasteiger partial charge in [0.1, 0.15) is 0 Å². The lowest BCUT2D eigenvalue weighted by atomic mass is 9.79. The number of hydrogen-bond acceptors (Lipinski definition) is 1. The van der Waals surface area contributed by atoms with Crippen LogP contribution < -0.4 is 0 Å². The van der Waals surface area contributed by atoms with E-state index in [0.717, 1.165) is 24.3 Å². The average Bonchev–Trinajstić information content (AvgIpc) is 2.54. The fourth-order valence-corrected chi connectivity index (χ4v) is 2.99. The zero-order chi connectivity index (χ0) is 10.7. The fraction of sp³-hybridized carbons (Fsp3) is 0.714. The van der Waals surface area contributed by atoms with E-state index in [-0.39, 0.29) is 0 Å². The summed E-state index contributed by atoms with van der Waals surface area (Å²) in [4.78, 5) is 2.47. The van der Waals surface area contributed by atoms with E-state index in [4.69, 9.17) is 0 Å². The molecule has 3 unspecified atom stereocenters. The quantitative estimate of drug-likeness (QED) is 0.593. The average molecular weight is 205 g/mol. The van der Waals surface area contributed by atoms with E-state index in [1.54, 1.807) is 0 Å². The van der Waals surface area contributed by atoms with Crippen molar-refractivity contribution in [3.05, 3.63) is 24.4 Å². The summed E-state index contributed by atoms with van der Waals surface area (Å²) in [6.07, 6.45) is 13.5. The molecule has 0 N–H and O–H groups in total. The zero-order valence-corrected chi connectivity index (χ0v) is 10.0. The molecule has 0 bridgehead atoms. The highest BCUT2D eigenvalue weighted by molar-refractivity contribution is 5.01. The largest absolute Gasteiger partial charge is 0.378 e. The summed E-state index contributed by atoms with van der Waals surface area (Å²) in [5.41, 5.74) is 0. The number of rotatable bonds is 1. The summed E-state index contributed by atoms with van der Waals surface area (Å²) in [5, 5.41) is 0. The van der Waals surface area contributed by atoms with Crippen LogP contribution in [0, 0.1) is 17.8 Å². The van der Waals surface area contributed by atoms with Crippen LogP contribution in [0.2, 0.25) is 0 Å². The van der Waals surface area contributed by atoms with Crippen LogP contribution >= 0.6 is 0 Å². The third kappa shape index (κ3) is 2.45. The smallest absolute Gasteiger partial charge is 0.0206 e. The first-order chi connectivity index (χ1) is 7.31. The minimum absolute atomic E-state index is 0.756. The van der Waals surface area contributed by atoms with Crippen molar-refractivity contribution in [1.29, 1.82) is 0 Å². The van der Waals surface area contributed by atoms with Crippen molar-refractivity contribution in [1.82, 2.24) is 4.90 Å². The van der Waals surface area contributed by atoms with Crippen LogP contribution in [0.4, 0.5) is 0 Å². The Hall–Kier alpha value is -0.720.